The van der Waals surface area contributed by atoms with Crippen LogP contribution >= 0.6 is 11.8 Å². The van der Waals surface area contributed by atoms with Crippen LogP contribution in [0, 0.1) is 0 Å². The molecule has 0 N–H and O–H groups in total. The summed E-state index contributed by atoms with van der Waals surface area (Å²) in [6, 6.07) is 11.3. The number of hydroxylamine groups is 2. The van der Waals surface area contributed by atoms with Gasteiger partial charge in [0.05, 0.1) is 34.3 Å². The molecule has 178 valence electrons. The Hall–Kier alpha value is -2.01. The first-order valence-electron chi connectivity index (χ1n) is 10.3. The largest absolute Gasteiger partial charge is 0.416 e. The van der Waals surface area contributed by atoms with Crippen molar-refractivity contribution in [3.63, 3.8) is 0 Å². The summed E-state index contributed by atoms with van der Waals surface area (Å²) in [5.74, 6) is 0. The molecule has 2 heterocycles. The van der Waals surface area contributed by atoms with E-state index in [4.69, 9.17) is 4.28 Å². The number of hydrogen-bond acceptors (Lipinski definition) is 6. The maximum Gasteiger partial charge on any atom is 0.416 e. The summed E-state index contributed by atoms with van der Waals surface area (Å²) in [6.07, 6.45) is -1.55. The summed E-state index contributed by atoms with van der Waals surface area (Å²) in [5.41, 5.74) is -0.192. The average molecular weight is 499 g/mol. The highest BCUT2D eigenvalue weighted by molar-refractivity contribution is 7.99. The first kappa shape index (κ1) is 24.1. The zero-order valence-electron chi connectivity index (χ0n) is 18.9. The van der Waals surface area contributed by atoms with Crippen molar-refractivity contribution in [2.45, 2.75) is 54.7 Å². The van der Waals surface area contributed by atoms with E-state index < -0.39 is 32.9 Å². The van der Waals surface area contributed by atoms with E-state index in [0.717, 1.165) is 33.4 Å². The zero-order chi connectivity index (χ0) is 24.4. The number of benzene rings is 2. The van der Waals surface area contributed by atoms with Crippen molar-refractivity contribution in [3.8, 4) is 0 Å². The standard InChI is InChI=1S/C23H25F3N2O3S2/c1-21(2)13-16(22(3,4)28(21)31-33(5,29)30)14-27-17-8-6-7-9-19(17)32-20-11-10-15(12-18(20)27)23(24,25)26/h6-13H,14H2,1-5H3. The van der Waals surface area contributed by atoms with Crippen LogP contribution in [0.25, 0.3) is 0 Å². The molecular formula is C23H25F3N2O3S2. The lowest BCUT2D eigenvalue weighted by atomic mass is 9.95. The summed E-state index contributed by atoms with van der Waals surface area (Å²) in [4.78, 5) is 3.52. The lowest BCUT2D eigenvalue weighted by Gasteiger charge is -2.40. The van der Waals surface area contributed by atoms with Crippen LogP contribution in [0.1, 0.15) is 33.3 Å². The molecular weight excluding hydrogens is 473 g/mol. The van der Waals surface area contributed by atoms with Crippen molar-refractivity contribution in [2.75, 3.05) is 17.7 Å². The maximum absolute atomic E-state index is 13.5. The average Bonchev–Trinajstić information content (AvgIpc) is 2.84. The first-order valence-corrected chi connectivity index (χ1v) is 12.9. The Balaban J connectivity index is 1.80. The molecule has 2 aromatic rings. The number of halogens is 3. The SMILES string of the molecule is CC1(C)C=C(CN2c3ccccc3Sc3ccc(C(F)(F)F)cc32)C(C)(C)N1OS(C)(=O)=O. The zero-order valence-corrected chi connectivity index (χ0v) is 20.5. The van der Waals surface area contributed by atoms with Crippen molar-refractivity contribution in [2.24, 2.45) is 0 Å². The van der Waals surface area contributed by atoms with Gasteiger partial charge in [-0.05, 0) is 63.6 Å². The lowest BCUT2D eigenvalue weighted by Crippen LogP contribution is -2.51. The van der Waals surface area contributed by atoms with Crippen molar-refractivity contribution < 1.29 is 25.9 Å². The molecule has 10 heteroatoms. The van der Waals surface area contributed by atoms with Crippen LogP contribution in [-0.2, 0) is 20.6 Å². The number of rotatable bonds is 4. The predicted molar refractivity (Wildman–Crippen MR) is 123 cm³/mol. The van der Waals surface area contributed by atoms with E-state index >= 15 is 0 Å². The second-order valence-corrected chi connectivity index (χ2v) is 11.9. The van der Waals surface area contributed by atoms with Gasteiger partial charge in [-0.1, -0.05) is 30.0 Å². The molecule has 2 aliphatic rings. The monoisotopic (exact) mass is 498 g/mol. The van der Waals surface area contributed by atoms with Gasteiger partial charge in [0.15, 0.2) is 0 Å². The van der Waals surface area contributed by atoms with E-state index in [2.05, 4.69) is 0 Å². The van der Waals surface area contributed by atoms with Gasteiger partial charge in [0, 0.05) is 16.3 Å². The van der Waals surface area contributed by atoms with Gasteiger partial charge in [-0.25, -0.2) is 0 Å². The van der Waals surface area contributed by atoms with Gasteiger partial charge in [-0.15, -0.1) is 0 Å². The van der Waals surface area contributed by atoms with E-state index in [1.54, 1.807) is 0 Å². The van der Waals surface area contributed by atoms with Crippen LogP contribution in [0.3, 0.4) is 0 Å². The van der Waals surface area contributed by atoms with Gasteiger partial charge in [0.2, 0.25) is 0 Å². The minimum atomic E-state index is -4.46. The fraction of sp³-hybridized carbons (Fsp3) is 0.391. The highest BCUT2D eigenvalue weighted by Crippen LogP contribution is 2.51. The lowest BCUT2D eigenvalue weighted by molar-refractivity contribution is -0.151. The Morgan fingerprint density at radius 1 is 1.00 bits per heavy atom. The van der Waals surface area contributed by atoms with E-state index in [0.29, 0.717) is 5.69 Å². The molecule has 0 fully saturated rings. The Labute approximate surface area is 196 Å². The molecule has 0 bridgehead atoms. The molecule has 0 atom stereocenters. The van der Waals surface area contributed by atoms with Crippen LogP contribution in [0.15, 0.2) is 63.9 Å². The van der Waals surface area contributed by atoms with Gasteiger partial charge >= 0.3 is 6.18 Å². The topological polar surface area (TPSA) is 49.9 Å². The normalized spacial score (nSPS) is 19.8. The van der Waals surface area contributed by atoms with Crippen molar-refractivity contribution in [3.05, 3.63) is 59.7 Å². The van der Waals surface area contributed by atoms with Crippen LogP contribution in [0.2, 0.25) is 0 Å². The Morgan fingerprint density at radius 2 is 1.64 bits per heavy atom. The maximum atomic E-state index is 13.5. The molecule has 2 aromatic carbocycles. The van der Waals surface area contributed by atoms with Crippen LogP contribution < -0.4 is 4.90 Å². The Bertz CT molecular complexity index is 1240. The van der Waals surface area contributed by atoms with Gasteiger partial charge in [0.1, 0.15) is 0 Å². The number of alkyl halides is 3. The fourth-order valence-electron chi connectivity index (χ4n) is 4.42. The molecule has 4 rings (SSSR count). The van der Waals surface area contributed by atoms with Crippen LogP contribution in [-0.4, -0.2) is 37.4 Å². The van der Waals surface area contributed by atoms with Gasteiger partial charge in [-0.2, -0.15) is 30.9 Å². The van der Waals surface area contributed by atoms with E-state index in [1.165, 1.54) is 29.0 Å². The number of fused-ring (bicyclic) bond motifs is 2. The van der Waals surface area contributed by atoms with Gasteiger partial charge < -0.3 is 4.90 Å². The minimum Gasteiger partial charge on any atom is -0.335 e. The second-order valence-electron chi connectivity index (χ2n) is 9.29. The second kappa shape index (κ2) is 7.76. The highest BCUT2D eigenvalue weighted by atomic mass is 32.2. The molecule has 33 heavy (non-hydrogen) atoms. The summed E-state index contributed by atoms with van der Waals surface area (Å²) in [5, 5.41) is 1.43. The summed E-state index contributed by atoms with van der Waals surface area (Å²) in [6.45, 7) is 7.63. The molecule has 0 aromatic heterocycles. The van der Waals surface area contributed by atoms with E-state index in [-0.39, 0.29) is 6.54 Å². The smallest absolute Gasteiger partial charge is 0.335 e. The molecule has 0 aliphatic carbocycles. The Morgan fingerprint density at radius 3 is 2.27 bits per heavy atom. The predicted octanol–water partition coefficient (Wildman–Crippen LogP) is 6.00. The fourth-order valence-corrected chi connectivity index (χ4v) is 6.15. The summed E-state index contributed by atoms with van der Waals surface area (Å²) in [7, 11) is -3.77. The first-order chi connectivity index (χ1) is 15.1. The third-order valence-corrected chi connectivity index (χ3v) is 7.39. The van der Waals surface area contributed by atoms with Crippen molar-refractivity contribution >= 4 is 33.3 Å². The number of hydrogen-bond donors (Lipinski definition) is 0. The van der Waals surface area contributed by atoms with E-state index in [1.807, 2.05) is 62.9 Å². The summed E-state index contributed by atoms with van der Waals surface area (Å²) < 4.78 is 69.7. The van der Waals surface area contributed by atoms with Crippen molar-refractivity contribution in [1.82, 2.24) is 5.06 Å². The van der Waals surface area contributed by atoms with E-state index in [9.17, 15) is 21.6 Å². The molecule has 0 unspecified atom stereocenters. The molecule has 5 nitrogen and oxygen atoms in total. The summed E-state index contributed by atoms with van der Waals surface area (Å²) >= 11 is 1.43. The molecule has 0 amide bonds. The molecule has 0 radical (unpaired) electrons. The number of para-hydroxylation sites is 1. The minimum absolute atomic E-state index is 0.270. The van der Waals surface area contributed by atoms with Crippen LogP contribution in [0.4, 0.5) is 24.5 Å². The molecule has 0 saturated carbocycles. The van der Waals surface area contributed by atoms with Gasteiger partial charge in [-0.3, -0.25) is 0 Å². The highest BCUT2D eigenvalue weighted by Gasteiger charge is 2.49. The van der Waals surface area contributed by atoms with Gasteiger partial charge in [0.25, 0.3) is 10.1 Å². The number of anilines is 2. The molecule has 0 saturated heterocycles. The third-order valence-electron chi connectivity index (χ3n) is 5.84. The molecule has 0 spiro atoms. The quantitative estimate of drug-likeness (QED) is 0.482. The Kier molecular flexibility index (Phi) is 5.67. The third kappa shape index (κ3) is 4.53. The molecule has 2 aliphatic heterocycles. The van der Waals surface area contributed by atoms with Crippen molar-refractivity contribution in [1.29, 1.82) is 0 Å². The van der Waals surface area contributed by atoms with Crippen LogP contribution in [0.5, 0.6) is 0 Å². The number of nitrogens with zero attached hydrogens (tertiary/aromatic N) is 2.